The van der Waals surface area contributed by atoms with Gasteiger partial charge in [-0.25, -0.2) is 4.79 Å². The monoisotopic (exact) mass is 668 g/mol. The van der Waals surface area contributed by atoms with Gasteiger partial charge in [0.15, 0.2) is 0 Å². The van der Waals surface area contributed by atoms with Crippen molar-refractivity contribution in [2.45, 2.75) is 63.4 Å². The van der Waals surface area contributed by atoms with Gasteiger partial charge in [0, 0.05) is 35.2 Å². The summed E-state index contributed by atoms with van der Waals surface area (Å²) in [6.07, 6.45) is 0.722. The van der Waals surface area contributed by atoms with Crippen LogP contribution in [0, 0.1) is 0 Å². The lowest BCUT2D eigenvalue weighted by Crippen LogP contribution is -2.60. The third-order valence-corrected chi connectivity index (χ3v) is 7.56. The fraction of sp³-hybridized carbons (Fsp3) is 0.531. The molecular weight excluding hydrogens is 623 g/mol. The summed E-state index contributed by atoms with van der Waals surface area (Å²) >= 11 is 11.8. The van der Waals surface area contributed by atoms with Crippen molar-refractivity contribution in [2.24, 2.45) is 0 Å². The maximum absolute atomic E-state index is 12.2. The number of hydrogen-bond donors (Lipinski definition) is 4. The molecule has 0 aliphatic carbocycles. The molecule has 4 atom stereocenters. The number of alkyl carbamates (subject to hydrolysis) is 1. The quantitative estimate of drug-likeness (QED) is 0.266. The summed E-state index contributed by atoms with van der Waals surface area (Å²) in [6.45, 7) is 5.87. The molecule has 13 heteroatoms. The Bertz CT molecular complexity index is 1230. The number of aliphatic hydroxyl groups is 2. The molecule has 2 aromatic rings. The molecule has 1 fully saturated rings. The lowest BCUT2D eigenvalue weighted by molar-refractivity contribution is -0.148. The van der Waals surface area contributed by atoms with Crippen LogP contribution in [-0.2, 0) is 31.9 Å². The minimum absolute atomic E-state index is 0.0754. The minimum atomic E-state index is -0.817. The van der Waals surface area contributed by atoms with Crippen molar-refractivity contribution < 1.29 is 34.1 Å². The Morgan fingerprint density at radius 3 is 2.09 bits per heavy atom. The van der Waals surface area contributed by atoms with Gasteiger partial charge in [-0.05, 0) is 83.1 Å². The topological polar surface area (TPSA) is 141 Å². The van der Waals surface area contributed by atoms with Gasteiger partial charge in [0.05, 0.1) is 20.3 Å². The molecule has 0 aromatic heterocycles. The van der Waals surface area contributed by atoms with Gasteiger partial charge in [-0.2, -0.15) is 0 Å². The summed E-state index contributed by atoms with van der Waals surface area (Å²) < 4.78 is 10.0. The molecule has 11 nitrogen and oxygen atoms in total. The van der Waals surface area contributed by atoms with E-state index < -0.39 is 29.7 Å². The van der Waals surface area contributed by atoms with Crippen LogP contribution in [0.25, 0.3) is 0 Å². The minimum Gasteiger partial charge on any atom is -0.468 e. The molecule has 1 saturated heterocycles. The molecule has 2 unspecified atom stereocenters. The molecular formula is C32H46Cl2N4O7. The van der Waals surface area contributed by atoms with Crippen molar-refractivity contribution in [3.05, 3.63) is 69.7 Å². The van der Waals surface area contributed by atoms with E-state index in [4.69, 9.17) is 37.8 Å². The first-order valence-corrected chi connectivity index (χ1v) is 15.4. The van der Waals surface area contributed by atoms with Crippen LogP contribution >= 0.6 is 23.2 Å². The van der Waals surface area contributed by atoms with E-state index >= 15 is 0 Å². The molecule has 0 spiro atoms. The second-order valence-corrected chi connectivity index (χ2v) is 12.9. The first-order valence-electron chi connectivity index (χ1n) is 14.6. The lowest BCUT2D eigenvalue weighted by Gasteiger charge is -2.36. The number of benzene rings is 2. The number of ether oxygens (including phenoxy) is 2. The van der Waals surface area contributed by atoms with Crippen LogP contribution in [-0.4, -0.2) is 115 Å². The van der Waals surface area contributed by atoms with Crippen LogP contribution in [0.1, 0.15) is 31.9 Å². The highest BCUT2D eigenvalue weighted by atomic mass is 35.5. The number of carbonyl (C=O) groups is 3. The molecule has 4 N–H and O–H groups in total. The second kappa shape index (κ2) is 18.3. The molecule has 250 valence electrons. The smallest absolute Gasteiger partial charge is 0.407 e. The van der Waals surface area contributed by atoms with Crippen LogP contribution in [0.3, 0.4) is 0 Å². The number of hydrogen-bond acceptors (Lipinski definition) is 9. The maximum Gasteiger partial charge on any atom is 0.407 e. The highest BCUT2D eigenvalue weighted by Gasteiger charge is 2.31. The number of methoxy groups -OCH3 is 1. The molecule has 0 radical (unpaired) electrons. The largest absolute Gasteiger partial charge is 0.468 e. The first kappa shape index (κ1) is 38.3. The van der Waals surface area contributed by atoms with E-state index in [1.807, 2.05) is 48.3 Å². The Labute approximate surface area is 275 Å². The Kier molecular flexibility index (Phi) is 15.5. The SMILES string of the molecule is CN1CC(Cc2ccc(Cl)cc2)NC(=O)[C@@H]1CO.COC(=O)[C@H](CO)N(C)CC(Cc1ccc(Cl)cc1)NC(=O)OC(C)(C)C. The summed E-state index contributed by atoms with van der Waals surface area (Å²) in [5, 5.41) is 25.7. The van der Waals surface area contributed by atoms with Gasteiger partial charge < -0.3 is 30.3 Å². The fourth-order valence-corrected chi connectivity index (χ4v) is 5.06. The summed E-state index contributed by atoms with van der Waals surface area (Å²) in [5.74, 6) is -0.646. The van der Waals surface area contributed by atoms with Gasteiger partial charge in [0.2, 0.25) is 5.91 Å². The number of piperazine rings is 1. The van der Waals surface area contributed by atoms with E-state index in [1.165, 1.54) is 7.11 Å². The Morgan fingerprint density at radius 2 is 1.62 bits per heavy atom. The van der Waals surface area contributed by atoms with Crippen LogP contribution in [0.4, 0.5) is 4.79 Å². The van der Waals surface area contributed by atoms with E-state index in [-0.39, 0.29) is 31.2 Å². The number of nitrogens with one attached hydrogen (secondary N) is 2. The summed E-state index contributed by atoms with van der Waals surface area (Å²) in [5.41, 5.74) is 1.48. The highest BCUT2D eigenvalue weighted by molar-refractivity contribution is 6.30. The number of amides is 2. The maximum atomic E-state index is 12.2. The van der Waals surface area contributed by atoms with Crippen LogP contribution < -0.4 is 10.6 Å². The zero-order valence-electron chi connectivity index (χ0n) is 26.8. The van der Waals surface area contributed by atoms with E-state index in [0.717, 1.165) is 24.1 Å². The normalized spacial score (nSPS) is 18.2. The number of carbonyl (C=O) groups excluding carboxylic acids is 3. The first-order chi connectivity index (χ1) is 21.1. The molecule has 1 aliphatic rings. The van der Waals surface area contributed by atoms with Gasteiger partial charge in [0.25, 0.3) is 0 Å². The molecule has 3 rings (SSSR count). The van der Waals surface area contributed by atoms with Crippen molar-refractivity contribution >= 4 is 41.2 Å². The van der Waals surface area contributed by atoms with E-state index in [2.05, 4.69) is 10.6 Å². The number of likely N-dealkylation sites (N-methyl/N-ethyl adjacent to an activating group) is 2. The average molecular weight is 670 g/mol. The summed E-state index contributed by atoms with van der Waals surface area (Å²) in [6, 6.07) is 13.4. The van der Waals surface area contributed by atoms with Crippen LogP contribution in [0.5, 0.6) is 0 Å². The number of nitrogens with zero attached hydrogens (tertiary/aromatic N) is 2. The summed E-state index contributed by atoms with van der Waals surface area (Å²) in [7, 11) is 4.81. The Balaban J connectivity index is 0.000000338. The number of aliphatic hydroxyl groups excluding tert-OH is 2. The van der Waals surface area contributed by atoms with Crippen molar-refractivity contribution in [3.63, 3.8) is 0 Å². The number of halogens is 2. The van der Waals surface area contributed by atoms with Gasteiger partial charge in [0.1, 0.15) is 17.7 Å². The van der Waals surface area contributed by atoms with Crippen LogP contribution in [0.2, 0.25) is 10.0 Å². The highest BCUT2D eigenvalue weighted by Crippen LogP contribution is 2.15. The predicted molar refractivity (Wildman–Crippen MR) is 174 cm³/mol. The predicted octanol–water partition coefficient (Wildman–Crippen LogP) is 2.92. The molecule has 1 heterocycles. The fourth-order valence-electron chi connectivity index (χ4n) is 4.81. The van der Waals surface area contributed by atoms with Gasteiger partial charge >= 0.3 is 12.1 Å². The number of rotatable bonds is 11. The van der Waals surface area contributed by atoms with Gasteiger partial charge in [-0.3, -0.25) is 19.4 Å². The second-order valence-electron chi connectivity index (χ2n) is 12.0. The molecule has 1 aliphatic heterocycles. The van der Waals surface area contributed by atoms with Crippen molar-refractivity contribution in [2.75, 3.05) is 47.5 Å². The lowest BCUT2D eigenvalue weighted by atomic mass is 10.0. The van der Waals surface area contributed by atoms with Crippen molar-refractivity contribution in [1.29, 1.82) is 0 Å². The zero-order chi connectivity index (χ0) is 33.7. The van der Waals surface area contributed by atoms with Crippen molar-refractivity contribution in [3.8, 4) is 0 Å². The third kappa shape index (κ3) is 13.5. The Morgan fingerprint density at radius 1 is 1.07 bits per heavy atom. The van der Waals surface area contributed by atoms with E-state index in [9.17, 15) is 19.5 Å². The average Bonchev–Trinajstić information content (AvgIpc) is 2.95. The number of esters is 1. The van der Waals surface area contributed by atoms with Crippen molar-refractivity contribution in [1.82, 2.24) is 20.4 Å². The van der Waals surface area contributed by atoms with E-state index in [1.54, 1.807) is 44.9 Å². The standard InChI is InChI=1S/C19H29ClN2O5.C13H17ClN2O2/c1-19(2,3)27-18(25)21-15(10-13-6-8-14(20)9-7-13)11-22(4)16(12-23)17(24)26-5;1-16-7-11(15-13(18)12(16)8-17)6-9-2-4-10(14)5-3-9/h6-9,15-16,23H,10-12H2,1-5H3,(H,21,25);2-5,11-12,17H,6-8H2,1H3,(H,15,18)/t15?,16-;11?,12-/m00/s1. The molecule has 2 amide bonds. The Hall–Kier alpha value is -2.93. The summed E-state index contributed by atoms with van der Waals surface area (Å²) in [4.78, 5) is 39.3. The third-order valence-electron chi connectivity index (χ3n) is 7.06. The molecule has 0 bridgehead atoms. The molecule has 0 saturated carbocycles. The molecule has 2 aromatic carbocycles. The molecule has 45 heavy (non-hydrogen) atoms. The van der Waals surface area contributed by atoms with Crippen LogP contribution in [0.15, 0.2) is 48.5 Å². The van der Waals surface area contributed by atoms with Gasteiger partial charge in [-0.15, -0.1) is 0 Å². The van der Waals surface area contributed by atoms with E-state index in [0.29, 0.717) is 23.0 Å². The van der Waals surface area contributed by atoms with Gasteiger partial charge in [-0.1, -0.05) is 47.5 Å². The zero-order valence-corrected chi connectivity index (χ0v) is 28.3.